The highest BCUT2D eigenvalue weighted by Gasteiger charge is 2.17. The van der Waals surface area contributed by atoms with E-state index in [2.05, 4.69) is 57.6 Å². The first-order valence-electron chi connectivity index (χ1n) is 5.85. The zero-order valence-electron chi connectivity index (χ0n) is 9.74. The zero-order chi connectivity index (χ0) is 12.5. The van der Waals surface area contributed by atoms with Crippen molar-refractivity contribution in [2.24, 2.45) is 0 Å². The van der Waals surface area contributed by atoms with Gasteiger partial charge in [0.1, 0.15) is 0 Å². The minimum absolute atomic E-state index is 0.0227. The molecule has 0 unspecified atom stereocenters. The average Bonchev–Trinajstić information content (AvgIpc) is 2.76. The summed E-state index contributed by atoms with van der Waals surface area (Å²) < 4.78 is 0. The van der Waals surface area contributed by atoms with E-state index in [-0.39, 0.29) is 5.91 Å². The van der Waals surface area contributed by atoms with Crippen LogP contribution in [0.3, 0.4) is 0 Å². The fraction of sp³-hybridized carbons (Fsp3) is 0.133. The molecule has 18 heavy (non-hydrogen) atoms. The van der Waals surface area contributed by atoms with Crippen molar-refractivity contribution in [2.75, 3.05) is 10.6 Å². The number of hydrogen-bond acceptors (Lipinski definition) is 1. The van der Waals surface area contributed by atoms with Crippen molar-refractivity contribution in [3.8, 4) is 11.1 Å². The van der Waals surface area contributed by atoms with Crippen LogP contribution in [0.4, 0.5) is 5.69 Å². The van der Waals surface area contributed by atoms with Gasteiger partial charge in [0.25, 0.3) is 0 Å². The number of nitrogens with one attached hydrogen (secondary N) is 1. The summed E-state index contributed by atoms with van der Waals surface area (Å²) in [5.74, 6) is -0.0227. The van der Waals surface area contributed by atoms with Crippen LogP contribution in [-0.2, 0) is 11.2 Å². The van der Waals surface area contributed by atoms with Crippen molar-refractivity contribution >= 4 is 27.5 Å². The standard InChI is InChI=1S/C15H12BrNO/c16-9-15(18)17-12-5-6-14-11(8-12)7-10-3-1-2-4-13(10)14/h1-6,8H,7,9H2,(H,17,18). The summed E-state index contributed by atoms with van der Waals surface area (Å²) in [6.45, 7) is 0. The summed E-state index contributed by atoms with van der Waals surface area (Å²) >= 11 is 3.15. The summed E-state index contributed by atoms with van der Waals surface area (Å²) in [5, 5.41) is 3.19. The topological polar surface area (TPSA) is 29.1 Å². The van der Waals surface area contributed by atoms with Crippen LogP contribution < -0.4 is 5.32 Å². The second-order valence-corrected chi connectivity index (χ2v) is 4.95. The number of amides is 1. The predicted octanol–water partition coefficient (Wildman–Crippen LogP) is 3.59. The van der Waals surface area contributed by atoms with Crippen LogP contribution in [-0.4, -0.2) is 11.2 Å². The third-order valence-corrected chi connectivity index (χ3v) is 3.71. The molecule has 2 nitrogen and oxygen atoms in total. The van der Waals surface area contributed by atoms with Gasteiger partial charge in [0.2, 0.25) is 5.91 Å². The van der Waals surface area contributed by atoms with Crippen molar-refractivity contribution in [3.05, 3.63) is 53.6 Å². The number of rotatable bonds is 2. The monoisotopic (exact) mass is 301 g/mol. The van der Waals surface area contributed by atoms with E-state index in [1.807, 2.05) is 6.07 Å². The zero-order valence-corrected chi connectivity index (χ0v) is 11.3. The molecular formula is C15H12BrNO. The first-order valence-corrected chi connectivity index (χ1v) is 6.97. The Morgan fingerprint density at radius 3 is 2.72 bits per heavy atom. The van der Waals surface area contributed by atoms with E-state index >= 15 is 0 Å². The van der Waals surface area contributed by atoms with Crippen molar-refractivity contribution in [1.29, 1.82) is 0 Å². The van der Waals surface area contributed by atoms with Crippen LogP contribution in [0.5, 0.6) is 0 Å². The molecule has 0 saturated heterocycles. The summed E-state index contributed by atoms with van der Waals surface area (Å²) in [7, 11) is 0. The van der Waals surface area contributed by atoms with Gasteiger partial charge in [-0.15, -0.1) is 0 Å². The van der Waals surface area contributed by atoms with Gasteiger partial charge in [-0.05, 0) is 40.8 Å². The maximum absolute atomic E-state index is 11.3. The van der Waals surface area contributed by atoms with E-state index in [9.17, 15) is 4.79 Å². The van der Waals surface area contributed by atoms with Gasteiger partial charge in [-0.3, -0.25) is 4.79 Å². The van der Waals surface area contributed by atoms with E-state index in [1.54, 1.807) is 0 Å². The Bertz CT molecular complexity index is 622. The van der Waals surface area contributed by atoms with Crippen LogP contribution in [0, 0.1) is 0 Å². The Morgan fingerprint density at radius 2 is 1.89 bits per heavy atom. The normalized spacial score (nSPS) is 11.8. The van der Waals surface area contributed by atoms with E-state index in [0.29, 0.717) is 5.33 Å². The van der Waals surface area contributed by atoms with Crippen LogP contribution in [0.1, 0.15) is 11.1 Å². The number of carbonyl (C=O) groups is 1. The average molecular weight is 302 g/mol. The molecule has 3 heteroatoms. The second kappa shape index (κ2) is 4.58. The smallest absolute Gasteiger partial charge is 0.235 e. The fourth-order valence-corrected chi connectivity index (χ4v) is 2.56. The number of hydrogen-bond donors (Lipinski definition) is 1. The molecule has 2 aromatic rings. The lowest BCUT2D eigenvalue weighted by molar-refractivity contribution is -0.113. The lowest BCUT2D eigenvalue weighted by Gasteiger charge is -2.06. The van der Waals surface area contributed by atoms with E-state index < -0.39 is 0 Å². The van der Waals surface area contributed by atoms with Crippen LogP contribution in [0.25, 0.3) is 11.1 Å². The summed E-state index contributed by atoms with van der Waals surface area (Å²) in [4.78, 5) is 11.3. The van der Waals surface area contributed by atoms with Crippen molar-refractivity contribution in [3.63, 3.8) is 0 Å². The Balaban J connectivity index is 1.96. The van der Waals surface area contributed by atoms with Gasteiger partial charge in [0, 0.05) is 5.69 Å². The Hall–Kier alpha value is -1.61. The van der Waals surface area contributed by atoms with Gasteiger partial charge >= 0.3 is 0 Å². The minimum atomic E-state index is -0.0227. The van der Waals surface area contributed by atoms with Gasteiger partial charge in [0.15, 0.2) is 0 Å². The quantitative estimate of drug-likeness (QED) is 0.720. The van der Waals surface area contributed by atoms with Crippen LogP contribution in [0.2, 0.25) is 0 Å². The molecule has 0 aromatic heterocycles. The molecule has 0 saturated carbocycles. The van der Waals surface area contributed by atoms with Crippen molar-refractivity contribution in [2.45, 2.75) is 6.42 Å². The van der Waals surface area contributed by atoms with Crippen LogP contribution in [0.15, 0.2) is 42.5 Å². The summed E-state index contributed by atoms with van der Waals surface area (Å²) in [5.41, 5.74) is 6.10. The Morgan fingerprint density at radius 1 is 1.11 bits per heavy atom. The van der Waals surface area contributed by atoms with E-state index in [0.717, 1.165) is 12.1 Å². The van der Waals surface area contributed by atoms with Gasteiger partial charge in [0.05, 0.1) is 5.33 Å². The molecule has 3 rings (SSSR count). The number of halogens is 1. The molecule has 0 atom stereocenters. The number of carbonyl (C=O) groups excluding carboxylic acids is 1. The highest BCUT2D eigenvalue weighted by Crippen LogP contribution is 2.37. The summed E-state index contributed by atoms with van der Waals surface area (Å²) in [6, 6.07) is 14.6. The Labute approximate surface area is 114 Å². The maximum Gasteiger partial charge on any atom is 0.235 e. The lowest BCUT2D eigenvalue weighted by Crippen LogP contribution is -2.12. The number of benzene rings is 2. The van der Waals surface area contributed by atoms with Gasteiger partial charge in [-0.25, -0.2) is 0 Å². The molecule has 1 amide bonds. The third-order valence-electron chi connectivity index (χ3n) is 3.20. The molecule has 0 aliphatic heterocycles. The highest BCUT2D eigenvalue weighted by molar-refractivity contribution is 9.09. The molecule has 90 valence electrons. The van der Waals surface area contributed by atoms with Gasteiger partial charge in [-0.1, -0.05) is 46.3 Å². The molecule has 0 radical (unpaired) electrons. The molecule has 1 aliphatic rings. The SMILES string of the molecule is O=C(CBr)Nc1ccc2c(c1)Cc1ccccc1-2. The Kier molecular flexibility index (Phi) is 2.92. The third kappa shape index (κ3) is 1.95. The predicted molar refractivity (Wildman–Crippen MR) is 77.1 cm³/mol. The number of alkyl halides is 1. The van der Waals surface area contributed by atoms with E-state index in [4.69, 9.17) is 0 Å². The van der Waals surface area contributed by atoms with Gasteiger partial charge < -0.3 is 5.32 Å². The van der Waals surface area contributed by atoms with E-state index in [1.165, 1.54) is 22.3 Å². The largest absolute Gasteiger partial charge is 0.325 e. The van der Waals surface area contributed by atoms with Gasteiger partial charge in [-0.2, -0.15) is 0 Å². The van der Waals surface area contributed by atoms with Crippen molar-refractivity contribution in [1.82, 2.24) is 0 Å². The first-order chi connectivity index (χ1) is 8.78. The molecule has 0 spiro atoms. The highest BCUT2D eigenvalue weighted by atomic mass is 79.9. The molecule has 1 N–H and O–H groups in total. The molecule has 0 heterocycles. The fourth-order valence-electron chi connectivity index (χ4n) is 2.42. The number of anilines is 1. The molecule has 2 aromatic carbocycles. The van der Waals surface area contributed by atoms with Crippen LogP contribution >= 0.6 is 15.9 Å². The second-order valence-electron chi connectivity index (χ2n) is 4.39. The molecule has 1 aliphatic carbocycles. The molecular weight excluding hydrogens is 290 g/mol. The maximum atomic E-state index is 11.3. The summed E-state index contributed by atoms with van der Waals surface area (Å²) in [6.07, 6.45) is 0.948. The molecule has 0 fully saturated rings. The number of fused-ring (bicyclic) bond motifs is 3. The minimum Gasteiger partial charge on any atom is -0.325 e. The first kappa shape index (κ1) is 11.5. The molecule has 0 bridgehead atoms. The van der Waals surface area contributed by atoms with Crippen molar-refractivity contribution < 1.29 is 4.79 Å². The lowest BCUT2D eigenvalue weighted by atomic mass is 10.1.